The number of nitrogens with one attached hydrogen (secondary N) is 1. The summed E-state index contributed by atoms with van der Waals surface area (Å²) in [7, 11) is 0. The SMILES string of the molecule is NCC1CCCCC1C(=O)Nc1cccc(F)c1C(=O)O. The monoisotopic (exact) mass is 294 g/mol. The van der Waals surface area contributed by atoms with E-state index in [1.807, 2.05) is 0 Å². The standard InChI is InChI=1S/C15H19FN2O3/c16-11-6-3-7-12(13(11)15(20)21)18-14(19)10-5-2-1-4-9(10)8-17/h3,6-7,9-10H,1-2,4-5,8,17H2,(H,18,19)(H,20,21). The summed E-state index contributed by atoms with van der Waals surface area (Å²) in [6.07, 6.45) is 3.62. The minimum absolute atomic E-state index is 0.00570. The maximum atomic E-state index is 13.6. The third-order valence-corrected chi connectivity index (χ3v) is 4.03. The molecule has 6 heteroatoms. The van der Waals surface area contributed by atoms with Gasteiger partial charge in [0.1, 0.15) is 11.4 Å². The second-order valence-electron chi connectivity index (χ2n) is 5.34. The minimum atomic E-state index is -1.40. The summed E-state index contributed by atoms with van der Waals surface area (Å²) < 4.78 is 13.6. The van der Waals surface area contributed by atoms with Gasteiger partial charge in [0.15, 0.2) is 0 Å². The van der Waals surface area contributed by atoms with Gasteiger partial charge in [-0.3, -0.25) is 4.79 Å². The van der Waals surface area contributed by atoms with E-state index in [-0.39, 0.29) is 23.4 Å². The first-order valence-electron chi connectivity index (χ1n) is 7.07. The predicted molar refractivity (Wildman–Crippen MR) is 76.5 cm³/mol. The summed E-state index contributed by atoms with van der Waals surface area (Å²) >= 11 is 0. The number of amides is 1. The van der Waals surface area contributed by atoms with E-state index in [0.717, 1.165) is 31.7 Å². The van der Waals surface area contributed by atoms with Gasteiger partial charge in [0.05, 0.1) is 5.69 Å². The molecular weight excluding hydrogens is 275 g/mol. The van der Waals surface area contributed by atoms with E-state index in [4.69, 9.17) is 10.8 Å². The van der Waals surface area contributed by atoms with Gasteiger partial charge in [-0.2, -0.15) is 0 Å². The van der Waals surface area contributed by atoms with Crippen LogP contribution in [0.5, 0.6) is 0 Å². The van der Waals surface area contributed by atoms with Crippen LogP contribution in [0.25, 0.3) is 0 Å². The highest BCUT2D eigenvalue weighted by molar-refractivity contribution is 6.01. The van der Waals surface area contributed by atoms with Crippen molar-refractivity contribution in [2.75, 3.05) is 11.9 Å². The topological polar surface area (TPSA) is 92.4 Å². The molecule has 1 aliphatic carbocycles. The van der Waals surface area contributed by atoms with Crippen molar-refractivity contribution in [1.29, 1.82) is 0 Å². The summed E-state index contributed by atoms with van der Waals surface area (Å²) in [5, 5.41) is 11.6. The van der Waals surface area contributed by atoms with Crippen molar-refractivity contribution in [2.24, 2.45) is 17.6 Å². The summed E-state index contributed by atoms with van der Waals surface area (Å²) in [6.45, 7) is 0.424. The van der Waals surface area contributed by atoms with Gasteiger partial charge in [-0.1, -0.05) is 18.9 Å². The first-order chi connectivity index (χ1) is 10.0. The Morgan fingerprint density at radius 1 is 1.33 bits per heavy atom. The highest BCUT2D eigenvalue weighted by Gasteiger charge is 2.30. The third kappa shape index (κ3) is 3.39. The van der Waals surface area contributed by atoms with Crippen molar-refractivity contribution in [3.63, 3.8) is 0 Å². The van der Waals surface area contributed by atoms with Gasteiger partial charge in [-0.25, -0.2) is 9.18 Å². The number of carboxylic acids is 1. The number of carbonyl (C=O) groups is 2. The second kappa shape index (κ2) is 6.67. The number of nitrogens with two attached hydrogens (primary N) is 1. The molecule has 1 fully saturated rings. The molecule has 2 atom stereocenters. The van der Waals surface area contributed by atoms with Crippen LogP contribution in [0.4, 0.5) is 10.1 Å². The van der Waals surface area contributed by atoms with Crippen molar-refractivity contribution in [1.82, 2.24) is 0 Å². The summed E-state index contributed by atoms with van der Waals surface area (Å²) in [4.78, 5) is 23.5. The quantitative estimate of drug-likeness (QED) is 0.794. The zero-order valence-electron chi connectivity index (χ0n) is 11.6. The van der Waals surface area contributed by atoms with E-state index in [1.54, 1.807) is 0 Å². The van der Waals surface area contributed by atoms with Crippen LogP contribution < -0.4 is 11.1 Å². The zero-order valence-corrected chi connectivity index (χ0v) is 11.6. The number of halogens is 1. The molecule has 0 spiro atoms. The zero-order chi connectivity index (χ0) is 15.4. The molecule has 1 aliphatic rings. The smallest absolute Gasteiger partial charge is 0.340 e. The van der Waals surface area contributed by atoms with Crippen LogP contribution in [0.2, 0.25) is 0 Å². The molecule has 1 saturated carbocycles. The number of carbonyl (C=O) groups excluding carboxylic acids is 1. The van der Waals surface area contributed by atoms with Gasteiger partial charge in [0, 0.05) is 5.92 Å². The summed E-state index contributed by atoms with van der Waals surface area (Å²) in [5.41, 5.74) is 5.18. The van der Waals surface area contributed by atoms with E-state index in [0.29, 0.717) is 6.54 Å². The second-order valence-corrected chi connectivity index (χ2v) is 5.34. The largest absolute Gasteiger partial charge is 0.478 e. The highest BCUT2D eigenvalue weighted by Crippen LogP contribution is 2.31. The number of anilines is 1. The molecule has 0 heterocycles. The fourth-order valence-corrected chi connectivity index (χ4v) is 2.91. The molecule has 0 radical (unpaired) electrons. The van der Waals surface area contributed by atoms with Gasteiger partial charge in [-0.15, -0.1) is 0 Å². The lowest BCUT2D eigenvalue weighted by Gasteiger charge is -2.29. The van der Waals surface area contributed by atoms with Crippen LogP contribution in [-0.2, 0) is 4.79 Å². The number of benzene rings is 1. The molecule has 1 aromatic carbocycles. The molecule has 21 heavy (non-hydrogen) atoms. The molecule has 114 valence electrons. The van der Waals surface area contributed by atoms with Crippen LogP contribution in [0.1, 0.15) is 36.0 Å². The average Bonchev–Trinajstić information content (AvgIpc) is 2.46. The minimum Gasteiger partial charge on any atom is -0.478 e. The Morgan fingerprint density at radius 3 is 2.71 bits per heavy atom. The molecule has 0 bridgehead atoms. The van der Waals surface area contributed by atoms with Crippen LogP contribution in [0.15, 0.2) is 18.2 Å². The van der Waals surface area contributed by atoms with E-state index < -0.39 is 17.3 Å². The lowest BCUT2D eigenvalue weighted by atomic mass is 9.78. The first kappa shape index (κ1) is 15.4. The van der Waals surface area contributed by atoms with Crippen LogP contribution in [-0.4, -0.2) is 23.5 Å². The molecule has 4 N–H and O–H groups in total. The number of rotatable bonds is 4. The fraction of sp³-hybridized carbons (Fsp3) is 0.467. The Kier molecular flexibility index (Phi) is 4.90. The predicted octanol–water partition coefficient (Wildman–Crippen LogP) is 2.23. The maximum absolute atomic E-state index is 13.6. The highest BCUT2D eigenvalue weighted by atomic mass is 19.1. The normalized spacial score (nSPS) is 21.8. The van der Waals surface area contributed by atoms with Crippen molar-refractivity contribution in [2.45, 2.75) is 25.7 Å². The molecule has 0 aliphatic heterocycles. The Balaban J connectivity index is 2.19. The first-order valence-corrected chi connectivity index (χ1v) is 7.07. The van der Waals surface area contributed by atoms with E-state index in [1.165, 1.54) is 12.1 Å². The lowest BCUT2D eigenvalue weighted by molar-refractivity contribution is -0.122. The molecule has 2 rings (SSSR count). The number of carboxylic acid groups (broad SMARTS) is 1. The molecule has 5 nitrogen and oxygen atoms in total. The molecule has 1 aromatic rings. The molecule has 2 unspecified atom stereocenters. The Labute approximate surface area is 122 Å². The number of hydrogen-bond donors (Lipinski definition) is 3. The number of hydrogen-bond acceptors (Lipinski definition) is 3. The summed E-state index contributed by atoms with van der Waals surface area (Å²) in [6, 6.07) is 3.83. The lowest BCUT2D eigenvalue weighted by Crippen LogP contribution is -2.36. The van der Waals surface area contributed by atoms with Crippen LogP contribution in [0, 0.1) is 17.7 Å². The van der Waals surface area contributed by atoms with Gasteiger partial charge in [0.25, 0.3) is 0 Å². The van der Waals surface area contributed by atoms with Crippen molar-refractivity contribution >= 4 is 17.6 Å². The molecule has 0 saturated heterocycles. The molecule has 0 aromatic heterocycles. The van der Waals surface area contributed by atoms with Crippen LogP contribution >= 0.6 is 0 Å². The van der Waals surface area contributed by atoms with Crippen molar-refractivity contribution in [3.05, 3.63) is 29.6 Å². The van der Waals surface area contributed by atoms with E-state index >= 15 is 0 Å². The Morgan fingerprint density at radius 2 is 2.05 bits per heavy atom. The van der Waals surface area contributed by atoms with Gasteiger partial charge in [-0.05, 0) is 37.4 Å². The molecular formula is C15H19FN2O3. The van der Waals surface area contributed by atoms with Gasteiger partial charge >= 0.3 is 5.97 Å². The third-order valence-electron chi connectivity index (χ3n) is 4.03. The maximum Gasteiger partial charge on any atom is 0.340 e. The van der Waals surface area contributed by atoms with E-state index in [9.17, 15) is 14.0 Å². The van der Waals surface area contributed by atoms with Crippen LogP contribution in [0.3, 0.4) is 0 Å². The Hall–Kier alpha value is -1.95. The Bertz CT molecular complexity index is 548. The summed E-state index contributed by atoms with van der Waals surface area (Å²) in [5.74, 6) is -2.69. The van der Waals surface area contributed by atoms with E-state index in [2.05, 4.69) is 5.32 Å². The molecule has 1 amide bonds. The number of aromatic carboxylic acids is 1. The van der Waals surface area contributed by atoms with Gasteiger partial charge in [0.2, 0.25) is 5.91 Å². The fourth-order valence-electron chi connectivity index (χ4n) is 2.91. The average molecular weight is 294 g/mol. The van der Waals surface area contributed by atoms with Crippen molar-refractivity contribution < 1.29 is 19.1 Å². The van der Waals surface area contributed by atoms with Crippen molar-refractivity contribution in [3.8, 4) is 0 Å². The van der Waals surface area contributed by atoms with Gasteiger partial charge < -0.3 is 16.2 Å².